The minimum Gasteiger partial charge on any atom is -0.497 e. The van der Waals surface area contributed by atoms with Crippen LogP contribution in [0, 0.1) is 5.82 Å². The third-order valence-corrected chi connectivity index (χ3v) is 2.16. The number of halogens is 1. The van der Waals surface area contributed by atoms with Crippen molar-refractivity contribution in [2.75, 3.05) is 20.3 Å². The third-order valence-electron chi connectivity index (χ3n) is 2.16. The molecule has 0 bridgehead atoms. The highest BCUT2D eigenvalue weighted by Crippen LogP contribution is 2.16. The summed E-state index contributed by atoms with van der Waals surface area (Å²) in [4.78, 5) is 11.6. The number of hydrogen-bond acceptors (Lipinski definition) is 4. The van der Waals surface area contributed by atoms with Gasteiger partial charge in [0.2, 0.25) is 0 Å². The van der Waals surface area contributed by atoms with Gasteiger partial charge in [0.1, 0.15) is 18.2 Å². The van der Waals surface area contributed by atoms with Crippen molar-refractivity contribution >= 4 is 5.97 Å². The number of rotatable bonds is 6. The molecule has 0 spiro atoms. The number of carbonyl (C=O) groups excluding carboxylic acids is 1. The standard InChI is InChI=1S/C13H17FO4/c1-9(2)17-6-7-18-13(15)11-5-4-10(16-3)8-12(11)14/h4-5,8-9H,6-7H2,1-3H3. The molecule has 1 rings (SSSR count). The Morgan fingerprint density at radius 3 is 2.61 bits per heavy atom. The van der Waals surface area contributed by atoms with Gasteiger partial charge in [-0.1, -0.05) is 0 Å². The van der Waals surface area contributed by atoms with Gasteiger partial charge in [-0.15, -0.1) is 0 Å². The average Bonchev–Trinajstić information content (AvgIpc) is 2.33. The maximum Gasteiger partial charge on any atom is 0.341 e. The number of methoxy groups -OCH3 is 1. The molecule has 4 nitrogen and oxygen atoms in total. The van der Waals surface area contributed by atoms with E-state index in [2.05, 4.69) is 0 Å². The van der Waals surface area contributed by atoms with Crippen LogP contribution >= 0.6 is 0 Å². The van der Waals surface area contributed by atoms with Gasteiger partial charge in [-0.25, -0.2) is 9.18 Å². The molecule has 0 aliphatic heterocycles. The molecule has 0 radical (unpaired) electrons. The summed E-state index contributed by atoms with van der Waals surface area (Å²) in [6.07, 6.45) is 0.0708. The number of carbonyl (C=O) groups is 1. The van der Waals surface area contributed by atoms with Crippen LogP contribution in [0.5, 0.6) is 5.75 Å². The van der Waals surface area contributed by atoms with Crippen LogP contribution in [0.4, 0.5) is 4.39 Å². The molecule has 0 aromatic heterocycles. The first-order valence-corrected chi connectivity index (χ1v) is 5.67. The van der Waals surface area contributed by atoms with E-state index < -0.39 is 11.8 Å². The first-order chi connectivity index (χ1) is 8.54. The smallest absolute Gasteiger partial charge is 0.341 e. The minimum absolute atomic E-state index is 0.0708. The third kappa shape index (κ3) is 4.33. The molecule has 0 saturated heterocycles. The molecule has 18 heavy (non-hydrogen) atoms. The monoisotopic (exact) mass is 256 g/mol. The van der Waals surface area contributed by atoms with E-state index >= 15 is 0 Å². The molecule has 0 atom stereocenters. The Balaban J connectivity index is 2.51. The molecule has 0 saturated carbocycles. The van der Waals surface area contributed by atoms with E-state index in [0.717, 1.165) is 6.07 Å². The molecule has 0 N–H and O–H groups in total. The van der Waals surface area contributed by atoms with Gasteiger partial charge in [0.25, 0.3) is 0 Å². The summed E-state index contributed by atoms with van der Waals surface area (Å²) in [7, 11) is 1.43. The summed E-state index contributed by atoms with van der Waals surface area (Å²) >= 11 is 0. The summed E-state index contributed by atoms with van der Waals surface area (Å²) in [5.41, 5.74) is -0.111. The van der Waals surface area contributed by atoms with Crippen molar-refractivity contribution in [2.45, 2.75) is 20.0 Å². The molecular formula is C13H17FO4. The van der Waals surface area contributed by atoms with Crippen LogP contribution in [0.15, 0.2) is 18.2 Å². The van der Waals surface area contributed by atoms with Crippen LogP contribution < -0.4 is 4.74 Å². The predicted octanol–water partition coefficient (Wildman–Crippen LogP) is 2.42. The van der Waals surface area contributed by atoms with Gasteiger partial charge in [0.15, 0.2) is 0 Å². The highest BCUT2D eigenvalue weighted by molar-refractivity contribution is 5.89. The van der Waals surface area contributed by atoms with Crippen molar-refractivity contribution in [1.82, 2.24) is 0 Å². The van der Waals surface area contributed by atoms with Gasteiger partial charge in [-0.2, -0.15) is 0 Å². The van der Waals surface area contributed by atoms with E-state index in [4.69, 9.17) is 14.2 Å². The molecule has 5 heteroatoms. The second kappa shape index (κ2) is 6.96. The van der Waals surface area contributed by atoms with Gasteiger partial charge < -0.3 is 14.2 Å². The lowest BCUT2D eigenvalue weighted by molar-refractivity contribution is 0.0173. The average molecular weight is 256 g/mol. The van der Waals surface area contributed by atoms with Gasteiger partial charge >= 0.3 is 5.97 Å². The van der Waals surface area contributed by atoms with Gasteiger partial charge in [-0.05, 0) is 26.0 Å². The molecule has 0 aliphatic rings. The van der Waals surface area contributed by atoms with Crippen LogP contribution in [0.1, 0.15) is 24.2 Å². The Morgan fingerprint density at radius 1 is 1.33 bits per heavy atom. The molecule has 1 aromatic carbocycles. The topological polar surface area (TPSA) is 44.8 Å². The second-order valence-corrected chi connectivity index (χ2v) is 3.90. The fourth-order valence-electron chi connectivity index (χ4n) is 1.28. The Hall–Kier alpha value is -1.62. The lowest BCUT2D eigenvalue weighted by Gasteiger charge is -2.09. The van der Waals surface area contributed by atoms with Crippen molar-refractivity contribution in [3.05, 3.63) is 29.6 Å². The number of benzene rings is 1. The van der Waals surface area contributed by atoms with E-state index in [9.17, 15) is 9.18 Å². The van der Waals surface area contributed by atoms with Gasteiger partial charge in [-0.3, -0.25) is 0 Å². The largest absolute Gasteiger partial charge is 0.497 e. The Labute approximate surface area is 106 Å². The molecule has 0 aliphatic carbocycles. The highest BCUT2D eigenvalue weighted by Gasteiger charge is 2.13. The van der Waals surface area contributed by atoms with Crippen molar-refractivity contribution in [3.63, 3.8) is 0 Å². The summed E-state index contributed by atoms with van der Waals surface area (Å²) in [6, 6.07) is 3.98. The Bertz CT molecular complexity index is 404. The van der Waals surface area contributed by atoms with Crippen LogP contribution in [0.25, 0.3) is 0 Å². The summed E-state index contributed by atoms with van der Waals surface area (Å²) in [5, 5.41) is 0. The SMILES string of the molecule is COc1ccc(C(=O)OCCOC(C)C)c(F)c1. The Morgan fingerprint density at radius 2 is 2.06 bits per heavy atom. The summed E-state index contributed by atoms with van der Waals surface area (Å²) in [6.45, 7) is 4.15. The first-order valence-electron chi connectivity index (χ1n) is 5.67. The summed E-state index contributed by atoms with van der Waals surface area (Å²) < 4.78 is 28.4. The van der Waals surface area contributed by atoms with Crippen molar-refractivity contribution in [3.8, 4) is 5.75 Å². The molecule has 100 valence electrons. The molecule has 0 unspecified atom stereocenters. The zero-order chi connectivity index (χ0) is 13.5. The van der Waals surface area contributed by atoms with Gasteiger partial charge in [0.05, 0.1) is 25.4 Å². The fourth-order valence-corrected chi connectivity index (χ4v) is 1.28. The van der Waals surface area contributed by atoms with Crippen LogP contribution in [0.2, 0.25) is 0 Å². The van der Waals surface area contributed by atoms with E-state index in [1.165, 1.54) is 19.2 Å². The summed E-state index contributed by atoms with van der Waals surface area (Å²) in [5.74, 6) is -1.01. The molecule has 1 aromatic rings. The van der Waals surface area contributed by atoms with Gasteiger partial charge in [0, 0.05) is 6.07 Å². The van der Waals surface area contributed by atoms with E-state index in [1.54, 1.807) is 0 Å². The maximum atomic E-state index is 13.5. The van der Waals surface area contributed by atoms with Crippen LogP contribution in [-0.2, 0) is 9.47 Å². The van der Waals surface area contributed by atoms with Crippen LogP contribution in [0.3, 0.4) is 0 Å². The quantitative estimate of drug-likeness (QED) is 0.579. The molecule has 0 amide bonds. The molecule has 0 fully saturated rings. The second-order valence-electron chi connectivity index (χ2n) is 3.90. The van der Waals surface area contributed by atoms with Crippen molar-refractivity contribution in [2.24, 2.45) is 0 Å². The number of esters is 1. The van der Waals surface area contributed by atoms with Crippen molar-refractivity contribution < 1.29 is 23.4 Å². The fraction of sp³-hybridized carbons (Fsp3) is 0.462. The van der Waals surface area contributed by atoms with Crippen molar-refractivity contribution in [1.29, 1.82) is 0 Å². The predicted molar refractivity (Wildman–Crippen MR) is 64.3 cm³/mol. The van der Waals surface area contributed by atoms with Crippen LogP contribution in [-0.4, -0.2) is 32.4 Å². The number of ether oxygens (including phenoxy) is 3. The zero-order valence-electron chi connectivity index (χ0n) is 10.7. The van der Waals surface area contributed by atoms with E-state index in [-0.39, 0.29) is 18.3 Å². The molecule has 0 heterocycles. The molecular weight excluding hydrogens is 239 g/mol. The van der Waals surface area contributed by atoms with E-state index in [0.29, 0.717) is 12.4 Å². The first kappa shape index (κ1) is 14.4. The lowest BCUT2D eigenvalue weighted by atomic mass is 10.2. The number of hydrogen-bond donors (Lipinski definition) is 0. The maximum absolute atomic E-state index is 13.5. The van der Waals surface area contributed by atoms with E-state index in [1.807, 2.05) is 13.8 Å². The highest BCUT2D eigenvalue weighted by atomic mass is 19.1. The Kier molecular flexibility index (Phi) is 5.58. The lowest BCUT2D eigenvalue weighted by Crippen LogP contribution is -2.14. The zero-order valence-corrected chi connectivity index (χ0v) is 10.7. The normalized spacial score (nSPS) is 10.5. The minimum atomic E-state index is -0.706.